The van der Waals surface area contributed by atoms with Gasteiger partial charge < -0.3 is 34.3 Å². The van der Waals surface area contributed by atoms with Crippen LogP contribution >= 0.6 is 11.8 Å². The molecule has 1 aliphatic heterocycles. The molecule has 5 atom stereocenters. The van der Waals surface area contributed by atoms with Gasteiger partial charge in [0.2, 0.25) is 6.29 Å². The summed E-state index contributed by atoms with van der Waals surface area (Å²) in [5.74, 6) is -8.49. The Morgan fingerprint density at radius 2 is 1.55 bits per heavy atom. The van der Waals surface area contributed by atoms with Crippen LogP contribution in [0.5, 0.6) is 5.75 Å². The lowest BCUT2D eigenvalue weighted by atomic mass is 9.71. The number of carbonyl (C=O) groups excluding carboxylic acids is 2. The first-order valence-electron chi connectivity index (χ1n) is 15.2. The zero-order valence-corrected chi connectivity index (χ0v) is 27.6. The number of carboxylic acid groups (broad SMARTS) is 3. The molecular formula is C32H38N2O14S. The van der Waals surface area contributed by atoms with Crippen molar-refractivity contribution in [3.8, 4) is 5.75 Å². The van der Waals surface area contributed by atoms with Gasteiger partial charge in [0.25, 0.3) is 0 Å². The summed E-state index contributed by atoms with van der Waals surface area (Å²) in [5.41, 5.74) is 0.782. The van der Waals surface area contributed by atoms with Crippen molar-refractivity contribution in [3.05, 3.63) is 69.8 Å². The summed E-state index contributed by atoms with van der Waals surface area (Å²) in [7, 11) is 0.996. The second kappa shape index (κ2) is 18.6. The number of amides is 1. The molecule has 1 saturated heterocycles. The quantitative estimate of drug-likeness (QED) is 0.0653. The SMILES string of the molecule is CCN(CSCCc1ccccc1)C(=O)OCc1ccc(O[C@@H]2O[C@H](C(=O)OC)[C@@H](CC(=O)O)[C@H](CC(=O)O)[C@H]2CC(=O)O)c([N+](=O)[O-])c1. The van der Waals surface area contributed by atoms with Gasteiger partial charge in [-0.2, -0.15) is 0 Å². The van der Waals surface area contributed by atoms with Crippen molar-refractivity contribution in [1.82, 2.24) is 4.90 Å². The van der Waals surface area contributed by atoms with E-state index in [1.165, 1.54) is 22.6 Å². The fraction of sp³-hybridized carbons (Fsp3) is 0.469. The van der Waals surface area contributed by atoms with E-state index >= 15 is 0 Å². The maximum atomic E-state index is 12.7. The molecule has 0 spiro atoms. The highest BCUT2D eigenvalue weighted by atomic mass is 32.2. The summed E-state index contributed by atoms with van der Waals surface area (Å²) >= 11 is 1.55. The Labute approximate surface area is 285 Å². The number of ether oxygens (including phenoxy) is 4. The third-order valence-electron chi connectivity index (χ3n) is 7.87. The average Bonchev–Trinajstić information content (AvgIpc) is 3.06. The number of methoxy groups -OCH3 is 1. The fourth-order valence-corrected chi connectivity index (χ4v) is 6.52. The third-order valence-corrected chi connectivity index (χ3v) is 8.86. The van der Waals surface area contributed by atoms with E-state index in [4.69, 9.17) is 18.9 Å². The summed E-state index contributed by atoms with van der Waals surface area (Å²) in [6, 6.07) is 13.5. The van der Waals surface area contributed by atoms with Crippen LogP contribution in [-0.4, -0.2) is 92.8 Å². The smallest absolute Gasteiger partial charge is 0.410 e. The topological polar surface area (TPSA) is 229 Å². The van der Waals surface area contributed by atoms with Gasteiger partial charge in [-0.25, -0.2) is 9.59 Å². The summed E-state index contributed by atoms with van der Waals surface area (Å²) in [4.78, 5) is 73.4. The van der Waals surface area contributed by atoms with Crippen LogP contribution in [0.2, 0.25) is 0 Å². The molecule has 266 valence electrons. The van der Waals surface area contributed by atoms with E-state index in [2.05, 4.69) is 0 Å². The highest BCUT2D eigenvalue weighted by molar-refractivity contribution is 7.99. The lowest BCUT2D eigenvalue weighted by Gasteiger charge is -2.44. The van der Waals surface area contributed by atoms with E-state index in [0.717, 1.165) is 25.3 Å². The van der Waals surface area contributed by atoms with Gasteiger partial charge >= 0.3 is 35.7 Å². The first-order chi connectivity index (χ1) is 23.3. The van der Waals surface area contributed by atoms with Crippen molar-refractivity contribution < 1.29 is 63.2 Å². The summed E-state index contributed by atoms with van der Waals surface area (Å²) in [5, 5.41) is 40.8. The number of rotatable bonds is 18. The monoisotopic (exact) mass is 706 g/mol. The van der Waals surface area contributed by atoms with Crippen molar-refractivity contribution >= 4 is 47.4 Å². The van der Waals surface area contributed by atoms with E-state index in [1.807, 2.05) is 30.3 Å². The van der Waals surface area contributed by atoms with Gasteiger partial charge in [0, 0.05) is 30.9 Å². The lowest BCUT2D eigenvalue weighted by molar-refractivity contribution is -0.386. The number of aryl methyl sites for hydroxylation is 1. The number of hydrogen-bond acceptors (Lipinski definition) is 12. The van der Waals surface area contributed by atoms with Crippen LogP contribution in [0.4, 0.5) is 10.5 Å². The highest BCUT2D eigenvalue weighted by Crippen LogP contribution is 2.43. The molecule has 0 unspecified atom stereocenters. The molecule has 0 radical (unpaired) electrons. The van der Waals surface area contributed by atoms with Gasteiger partial charge in [-0.15, -0.1) is 11.8 Å². The van der Waals surface area contributed by atoms with Crippen LogP contribution in [0.3, 0.4) is 0 Å². The Bertz CT molecular complexity index is 1490. The van der Waals surface area contributed by atoms with Gasteiger partial charge in [-0.05, 0) is 42.2 Å². The first-order valence-corrected chi connectivity index (χ1v) is 16.4. The van der Waals surface area contributed by atoms with Crippen LogP contribution in [0.15, 0.2) is 48.5 Å². The Morgan fingerprint density at radius 3 is 2.14 bits per heavy atom. The van der Waals surface area contributed by atoms with Crippen LogP contribution < -0.4 is 4.74 Å². The summed E-state index contributed by atoms with van der Waals surface area (Å²) in [6.45, 7) is 1.83. The van der Waals surface area contributed by atoms with Crippen molar-refractivity contribution in [2.75, 3.05) is 25.3 Å². The molecule has 2 aromatic rings. The fourth-order valence-electron chi connectivity index (χ4n) is 5.50. The Kier molecular flexibility index (Phi) is 14.6. The predicted octanol–water partition coefficient (Wildman–Crippen LogP) is 4.04. The molecular weight excluding hydrogens is 668 g/mol. The van der Waals surface area contributed by atoms with Crippen molar-refractivity contribution in [3.63, 3.8) is 0 Å². The minimum atomic E-state index is -1.73. The second-order valence-electron chi connectivity index (χ2n) is 11.1. The number of carboxylic acids is 3. The number of esters is 1. The second-order valence-corrected chi connectivity index (χ2v) is 12.2. The summed E-state index contributed by atoms with van der Waals surface area (Å²) < 4.78 is 21.6. The van der Waals surface area contributed by atoms with E-state index in [-0.39, 0.29) is 12.2 Å². The Hall–Kier alpha value is -4.90. The molecule has 1 heterocycles. The Morgan fingerprint density at radius 1 is 0.918 bits per heavy atom. The van der Waals surface area contributed by atoms with Crippen LogP contribution in [-0.2, 0) is 46.4 Å². The number of aliphatic carboxylic acids is 3. The lowest BCUT2D eigenvalue weighted by Crippen LogP contribution is -2.54. The molecule has 0 aromatic heterocycles. The minimum Gasteiger partial charge on any atom is -0.481 e. The molecule has 1 aliphatic rings. The number of thioether (sulfide) groups is 1. The largest absolute Gasteiger partial charge is 0.481 e. The van der Waals surface area contributed by atoms with Gasteiger partial charge in [-0.3, -0.25) is 29.4 Å². The van der Waals surface area contributed by atoms with Crippen molar-refractivity contribution in [2.24, 2.45) is 17.8 Å². The van der Waals surface area contributed by atoms with E-state index in [9.17, 15) is 49.4 Å². The minimum absolute atomic E-state index is 0.226. The van der Waals surface area contributed by atoms with Gasteiger partial charge in [-0.1, -0.05) is 36.4 Å². The van der Waals surface area contributed by atoms with Gasteiger partial charge in [0.05, 0.1) is 30.8 Å². The maximum absolute atomic E-state index is 12.7. The van der Waals surface area contributed by atoms with Crippen LogP contribution in [0.1, 0.15) is 37.3 Å². The molecule has 3 N–H and O–H groups in total. The molecule has 0 bridgehead atoms. The zero-order chi connectivity index (χ0) is 36.1. The highest BCUT2D eigenvalue weighted by Gasteiger charge is 2.52. The van der Waals surface area contributed by atoms with E-state index in [0.29, 0.717) is 12.4 Å². The number of carbonyl (C=O) groups is 5. The van der Waals surface area contributed by atoms with Crippen LogP contribution in [0.25, 0.3) is 0 Å². The molecule has 0 saturated carbocycles. The molecule has 1 fully saturated rings. The predicted molar refractivity (Wildman–Crippen MR) is 172 cm³/mol. The van der Waals surface area contributed by atoms with Gasteiger partial charge in [0.1, 0.15) is 6.61 Å². The van der Waals surface area contributed by atoms with Crippen molar-refractivity contribution in [2.45, 2.75) is 51.6 Å². The number of benzene rings is 2. The number of nitro benzene ring substituents is 1. The molecule has 16 nitrogen and oxygen atoms in total. The zero-order valence-electron chi connectivity index (χ0n) is 26.8. The van der Waals surface area contributed by atoms with Crippen LogP contribution in [0, 0.1) is 27.9 Å². The molecule has 49 heavy (non-hydrogen) atoms. The number of nitro groups is 1. The normalized spacial score (nSPS) is 20.1. The molecule has 17 heteroatoms. The average molecular weight is 707 g/mol. The number of nitrogens with zero attached hydrogens (tertiary/aromatic N) is 2. The molecule has 0 aliphatic carbocycles. The third kappa shape index (κ3) is 11.3. The molecule has 3 rings (SSSR count). The van der Waals surface area contributed by atoms with Crippen molar-refractivity contribution in [1.29, 1.82) is 0 Å². The Balaban J connectivity index is 1.78. The van der Waals surface area contributed by atoms with E-state index in [1.54, 1.807) is 18.7 Å². The molecule has 1 amide bonds. The molecule has 2 aromatic carbocycles. The summed E-state index contributed by atoms with van der Waals surface area (Å²) in [6.07, 6.45) is -5.49. The van der Waals surface area contributed by atoms with Gasteiger partial charge in [0.15, 0.2) is 11.9 Å². The number of hydrogen-bond donors (Lipinski definition) is 3. The van der Waals surface area contributed by atoms with E-state index < -0.39 is 95.7 Å². The maximum Gasteiger partial charge on any atom is 0.410 e. The standard InChI is InChI=1S/C32H38N2O14S/c1-3-33(18-49-12-11-19-7-5-4-6-8-19)32(42)46-17-20-9-10-25(24(13-20)34(43)44)47-31-23(16-28(39)40)21(14-26(35)36)22(15-27(37)38)29(48-31)30(41)45-2/h4-10,13,21-23,29,31H,3,11-12,14-18H2,1-2H3,(H,35,36)(H,37,38)(H,39,40)/t21-,22-,23+,29-,31+/m0/s1. The first kappa shape index (κ1) is 38.5.